The maximum Gasteiger partial charge on any atom is 0.427 e. The van der Waals surface area contributed by atoms with Gasteiger partial charge in [0.25, 0.3) is 10.0 Å². The van der Waals surface area contributed by atoms with Crippen molar-refractivity contribution < 1.29 is 48.7 Å². The number of halogens is 4. The second kappa shape index (κ2) is 11.4. The zero-order valence-electron chi connectivity index (χ0n) is 22.1. The molecule has 16 heteroatoms. The minimum absolute atomic E-state index is 0.0201. The van der Waals surface area contributed by atoms with Gasteiger partial charge in [-0.2, -0.15) is 13.2 Å². The van der Waals surface area contributed by atoms with Gasteiger partial charge in [0.15, 0.2) is 0 Å². The molecule has 0 spiro atoms. The summed E-state index contributed by atoms with van der Waals surface area (Å²) in [6.07, 6.45) is -7.34. The minimum Gasteiger partial charge on any atom is -0.485 e. The molecular formula is C26H25F4N3O7S2. The first-order valence-corrected chi connectivity index (χ1v) is 15.1. The fraction of sp³-hybridized carbons (Fsp3) is 0.269. The molecule has 0 fully saturated rings. The molecule has 1 aliphatic heterocycles. The topological polar surface area (TPSA) is 131 Å². The number of ether oxygens (including phenoxy) is 2. The molecule has 2 N–H and O–H groups in total. The molecule has 0 radical (unpaired) electrons. The summed E-state index contributed by atoms with van der Waals surface area (Å²) in [6.45, 7) is 0.566. The number of hydrogen-bond donors (Lipinski definition) is 2. The fourth-order valence-corrected chi connectivity index (χ4v) is 6.36. The Kier molecular flexibility index (Phi) is 8.44. The number of sulfonamides is 2. The first-order valence-electron chi connectivity index (χ1n) is 12.2. The highest BCUT2D eigenvalue weighted by Crippen LogP contribution is 2.39. The van der Waals surface area contributed by atoms with Crippen molar-refractivity contribution in [3.05, 3.63) is 78.6 Å². The van der Waals surface area contributed by atoms with Crippen LogP contribution in [-0.4, -0.2) is 53.9 Å². The van der Waals surface area contributed by atoms with Crippen LogP contribution in [0.2, 0.25) is 0 Å². The maximum absolute atomic E-state index is 13.6. The monoisotopic (exact) mass is 631 g/mol. The predicted molar refractivity (Wildman–Crippen MR) is 144 cm³/mol. The third kappa shape index (κ3) is 6.77. The standard InChI is InChI=1S/C26H25F4N3O7S2/c1-25(2,26(28,29)30)40-24(34)32-18-10-13-23-22(14-18)33(42(37,38)21-11-8-17(27)9-12-21)16-19(39-23)15-31-41(35,36)20-6-4-3-5-7-20/h3-14,19,31H,15-16H2,1-2H3,(H,32,34). The van der Waals surface area contributed by atoms with Gasteiger partial charge in [-0.1, -0.05) is 18.2 Å². The van der Waals surface area contributed by atoms with E-state index in [-0.39, 0.29) is 33.5 Å². The van der Waals surface area contributed by atoms with Crippen molar-refractivity contribution in [1.82, 2.24) is 4.72 Å². The summed E-state index contributed by atoms with van der Waals surface area (Å²) in [5.41, 5.74) is -3.05. The van der Waals surface area contributed by atoms with Gasteiger partial charge < -0.3 is 9.47 Å². The van der Waals surface area contributed by atoms with E-state index in [1.165, 1.54) is 36.4 Å². The molecular weight excluding hydrogens is 606 g/mol. The normalized spacial score (nSPS) is 15.9. The number of hydrogen-bond acceptors (Lipinski definition) is 7. The van der Waals surface area contributed by atoms with Gasteiger partial charge in [-0.05, 0) is 68.4 Å². The number of rotatable bonds is 8. The third-order valence-electron chi connectivity index (χ3n) is 6.12. The van der Waals surface area contributed by atoms with Crippen molar-refractivity contribution in [3.8, 4) is 5.75 Å². The summed E-state index contributed by atoms with van der Waals surface area (Å²) in [4.78, 5) is 11.9. The number of nitrogens with zero attached hydrogens (tertiary/aromatic N) is 1. The van der Waals surface area contributed by atoms with Gasteiger partial charge in [0, 0.05) is 12.2 Å². The molecule has 1 amide bonds. The lowest BCUT2D eigenvalue weighted by Crippen LogP contribution is -2.48. The van der Waals surface area contributed by atoms with Crippen molar-refractivity contribution >= 4 is 37.5 Å². The molecule has 4 rings (SSSR count). The Morgan fingerprint density at radius 3 is 2.24 bits per heavy atom. The van der Waals surface area contributed by atoms with Crippen LogP contribution in [0.3, 0.4) is 0 Å². The van der Waals surface area contributed by atoms with Crippen molar-refractivity contribution in [2.24, 2.45) is 0 Å². The molecule has 1 unspecified atom stereocenters. The molecule has 0 aliphatic carbocycles. The van der Waals surface area contributed by atoms with Crippen LogP contribution >= 0.6 is 0 Å². The summed E-state index contributed by atoms with van der Waals surface area (Å²) in [5, 5.41) is 2.13. The second-order valence-corrected chi connectivity index (χ2v) is 13.2. The van der Waals surface area contributed by atoms with Gasteiger partial charge in [0.1, 0.15) is 17.7 Å². The highest BCUT2D eigenvalue weighted by atomic mass is 32.2. The maximum atomic E-state index is 13.6. The molecule has 0 saturated carbocycles. The number of anilines is 2. The Hall–Kier alpha value is -3.89. The quantitative estimate of drug-likeness (QED) is 0.346. The first kappa shape index (κ1) is 31.1. The summed E-state index contributed by atoms with van der Waals surface area (Å²) in [5.74, 6) is -0.721. The average molecular weight is 632 g/mol. The number of nitrogens with one attached hydrogen (secondary N) is 2. The molecule has 10 nitrogen and oxygen atoms in total. The highest BCUT2D eigenvalue weighted by Gasteiger charge is 2.51. The number of amides is 1. The van der Waals surface area contributed by atoms with Crippen molar-refractivity contribution in [2.45, 2.75) is 41.5 Å². The van der Waals surface area contributed by atoms with E-state index in [2.05, 4.69) is 14.8 Å². The number of carbonyl (C=O) groups is 1. The lowest BCUT2D eigenvalue weighted by molar-refractivity contribution is -0.242. The van der Waals surface area contributed by atoms with Crippen LogP contribution in [0.4, 0.5) is 33.7 Å². The Balaban J connectivity index is 1.64. The SMILES string of the molecule is CC(C)(OC(=O)Nc1ccc2c(c1)N(S(=O)(=O)c1ccc(F)cc1)CC(CNS(=O)(=O)c1ccccc1)O2)C(F)(F)F. The Labute approximate surface area is 239 Å². The molecule has 1 aliphatic rings. The zero-order chi connectivity index (χ0) is 30.9. The molecule has 1 heterocycles. The van der Waals surface area contributed by atoms with Crippen LogP contribution in [0.25, 0.3) is 0 Å². The summed E-state index contributed by atoms with van der Waals surface area (Å²) in [7, 11) is -8.38. The fourth-order valence-electron chi connectivity index (χ4n) is 3.78. The van der Waals surface area contributed by atoms with Gasteiger partial charge in [-0.25, -0.2) is 30.7 Å². The Morgan fingerprint density at radius 2 is 1.62 bits per heavy atom. The Morgan fingerprint density at radius 1 is 0.976 bits per heavy atom. The summed E-state index contributed by atoms with van der Waals surface area (Å²) in [6, 6.07) is 15.0. The van der Waals surface area contributed by atoms with Crippen molar-refractivity contribution in [1.29, 1.82) is 0 Å². The second-order valence-electron chi connectivity index (χ2n) is 9.60. The number of carbonyl (C=O) groups excluding carboxylic acids is 1. The van der Waals surface area contributed by atoms with Gasteiger partial charge in [0.05, 0.1) is 22.0 Å². The molecule has 226 valence electrons. The molecule has 1 atom stereocenters. The number of benzene rings is 3. The molecule has 3 aromatic rings. The van der Waals surface area contributed by atoms with E-state index < -0.39 is 56.4 Å². The molecule has 0 saturated heterocycles. The molecule has 0 aromatic heterocycles. The van der Waals surface area contributed by atoms with E-state index in [1.807, 2.05) is 0 Å². The van der Waals surface area contributed by atoms with Crippen LogP contribution < -0.4 is 19.1 Å². The smallest absolute Gasteiger partial charge is 0.427 e. The molecule has 42 heavy (non-hydrogen) atoms. The van der Waals surface area contributed by atoms with E-state index in [0.29, 0.717) is 13.8 Å². The summed E-state index contributed by atoms with van der Waals surface area (Å²) >= 11 is 0. The van der Waals surface area contributed by atoms with Gasteiger partial charge >= 0.3 is 12.3 Å². The predicted octanol–water partition coefficient (Wildman–Crippen LogP) is 4.65. The van der Waals surface area contributed by atoms with E-state index >= 15 is 0 Å². The van der Waals surface area contributed by atoms with Crippen LogP contribution in [0.5, 0.6) is 5.75 Å². The average Bonchev–Trinajstić information content (AvgIpc) is 2.91. The van der Waals surface area contributed by atoms with Gasteiger partial charge in [-0.15, -0.1) is 0 Å². The number of fused-ring (bicyclic) bond motifs is 1. The van der Waals surface area contributed by atoms with Crippen LogP contribution in [0.15, 0.2) is 82.6 Å². The largest absolute Gasteiger partial charge is 0.485 e. The molecule has 0 bridgehead atoms. The van der Waals surface area contributed by atoms with Crippen molar-refractivity contribution in [2.75, 3.05) is 22.7 Å². The van der Waals surface area contributed by atoms with E-state index in [9.17, 15) is 39.2 Å². The summed E-state index contributed by atoms with van der Waals surface area (Å²) < 4.78 is 119. The van der Waals surface area contributed by atoms with Crippen LogP contribution in [0.1, 0.15) is 13.8 Å². The van der Waals surface area contributed by atoms with Crippen LogP contribution in [0, 0.1) is 5.82 Å². The zero-order valence-corrected chi connectivity index (χ0v) is 23.7. The minimum atomic E-state index is -4.86. The van der Waals surface area contributed by atoms with E-state index in [1.54, 1.807) is 6.07 Å². The van der Waals surface area contributed by atoms with Gasteiger partial charge in [0.2, 0.25) is 15.6 Å². The van der Waals surface area contributed by atoms with Crippen LogP contribution in [-0.2, 0) is 24.8 Å². The third-order valence-corrected chi connectivity index (χ3v) is 9.36. The Bertz CT molecular complexity index is 1670. The lowest BCUT2D eigenvalue weighted by atomic mass is 10.1. The lowest BCUT2D eigenvalue weighted by Gasteiger charge is -2.36. The number of alkyl halides is 3. The highest BCUT2D eigenvalue weighted by molar-refractivity contribution is 7.92. The van der Waals surface area contributed by atoms with E-state index in [0.717, 1.165) is 34.6 Å². The van der Waals surface area contributed by atoms with Gasteiger partial charge in [-0.3, -0.25) is 9.62 Å². The molecule has 3 aromatic carbocycles. The van der Waals surface area contributed by atoms with E-state index in [4.69, 9.17) is 4.74 Å². The first-order chi connectivity index (χ1) is 19.5. The van der Waals surface area contributed by atoms with Crippen molar-refractivity contribution in [3.63, 3.8) is 0 Å².